The quantitative estimate of drug-likeness (QED) is 0.298. The predicted octanol–water partition coefficient (Wildman–Crippen LogP) is 4.48. The minimum absolute atomic E-state index is 0.00330. The molecule has 0 atom stereocenters. The summed E-state index contributed by atoms with van der Waals surface area (Å²) >= 11 is 0. The van der Waals surface area contributed by atoms with E-state index in [0.717, 1.165) is 6.42 Å². The topological polar surface area (TPSA) is 115 Å². The van der Waals surface area contributed by atoms with Gasteiger partial charge in [0.15, 0.2) is 6.61 Å². The second-order valence-electron chi connectivity index (χ2n) is 7.62. The number of esters is 1. The van der Waals surface area contributed by atoms with E-state index in [0.29, 0.717) is 30.0 Å². The molecule has 0 fully saturated rings. The van der Waals surface area contributed by atoms with E-state index < -0.39 is 16.0 Å². The number of aromatic nitrogens is 3. The third kappa shape index (κ3) is 5.72. The zero-order valence-corrected chi connectivity index (χ0v) is 19.9. The standard InChI is InChI=1S/C25H24N4O5S/c1-2-3-15-29(21-11-5-4-6-12-21)35(31,32)22-13-7-9-19(16-22)25(30)33-18-23-27-24(28-34-23)20-10-8-14-26-17-20/h4-14,16-17H,2-3,15,18H2,1H3. The van der Waals surface area contributed by atoms with Crippen LogP contribution in [0.15, 0.2) is 88.5 Å². The van der Waals surface area contributed by atoms with Crippen LogP contribution in [0.5, 0.6) is 0 Å². The van der Waals surface area contributed by atoms with Gasteiger partial charge in [0.2, 0.25) is 5.82 Å². The fraction of sp³-hybridized carbons (Fsp3) is 0.200. The number of hydrogen-bond acceptors (Lipinski definition) is 8. The number of sulfonamides is 1. The van der Waals surface area contributed by atoms with E-state index >= 15 is 0 Å². The van der Waals surface area contributed by atoms with E-state index in [9.17, 15) is 13.2 Å². The number of rotatable bonds is 10. The van der Waals surface area contributed by atoms with Crippen LogP contribution in [0.2, 0.25) is 0 Å². The van der Waals surface area contributed by atoms with Crippen LogP contribution in [-0.2, 0) is 21.4 Å². The summed E-state index contributed by atoms with van der Waals surface area (Å²) in [6.45, 7) is 2.07. The Morgan fingerprint density at radius 1 is 1.06 bits per heavy atom. The zero-order chi connectivity index (χ0) is 24.7. The molecule has 4 rings (SSSR count). The highest BCUT2D eigenvalue weighted by Gasteiger charge is 2.25. The van der Waals surface area contributed by atoms with Crippen molar-refractivity contribution >= 4 is 21.7 Å². The summed E-state index contributed by atoms with van der Waals surface area (Å²) in [5.74, 6) is -0.274. The molecule has 180 valence electrons. The molecule has 35 heavy (non-hydrogen) atoms. The molecule has 0 N–H and O–H groups in total. The number of carbonyl (C=O) groups is 1. The van der Waals surface area contributed by atoms with Crippen molar-refractivity contribution in [3.8, 4) is 11.4 Å². The molecule has 0 amide bonds. The third-order valence-corrected chi connectivity index (χ3v) is 6.95. The Labute approximate surface area is 203 Å². The monoisotopic (exact) mass is 492 g/mol. The van der Waals surface area contributed by atoms with Crippen molar-refractivity contribution in [3.05, 3.63) is 90.6 Å². The van der Waals surface area contributed by atoms with Crippen LogP contribution in [0.1, 0.15) is 36.0 Å². The highest BCUT2D eigenvalue weighted by atomic mass is 32.2. The fourth-order valence-corrected chi connectivity index (χ4v) is 4.88. The largest absolute Gasteiger partial charge is 0.452 e. The Bertz CT molecular complexity index is 1380. The summed E-state index contributed by atoms with van der Waals surface area (Å²) in [6.07, 6.45) is 4.75. The van der Waals surface area contributed by atoms with Gasteiger partial charge < -0.3 is 9.26 Å². The van der Waals surface area contributed by atoms with E-state index in [-0.39, 0.29) is 23.0 Å². The van der Waals surface area contributed by atoms with Crippen LogP contribution in [0.4, 0.5) is 5.69 Å². The van der Waals surface area contributed by atoms with Crippen LogP contribution >= 0.6 is 0 Å². The molecule has 2 aromatic carbocycles. The first-order valence-corrected chi connectivity index (χ1v) is 12.5. The first-order chi connectivity index (χ1) is 17.0. The molecule has 0 bridgehead atoms. The Morgan fingerprint density at radius 3 is 2.63 bits per heavy atom. The van der Waals surface area contributed by atoms with Crippen molar-refractivity contribution in [2.75, 3.05) is 10.8 Å². The van der Waals surface area contributed by atoms with Crippen LogP contribution in [-0.4, -0.2) is 36.1 Å². The summed E-state index contributed by atoms with van der Waals surface area (Å²) < 4.78 is 38.7. The number of hydrogen-bond donors (Lipinski definition) is 0. The maximum absolute atomic E-state index is 13.5. The van der Waals surface area contributed by atoms with Crippen molar-refractivity contribution in [2.24, 2.45) is 0 Å². The minimum Gasteiger partial charge on any atom is -0.452 e. The number of carbonyl (C=O) groups excluding carboxylic acids is 1. The van der Waals surface area contributed by atoms with Crippen molar-refractivity contribution in [1.29, 1.82) is 0 Å². The second kappa shape index (κ2) is 10.9. The lowest BCUT2D eigenvalue weighted by Crippen LogP contribution is -2.32. The van der Waals surface area contributed by atoms with E-state index in [1.54, 1.807) is 48.8 Å². The van der Waals surface area contributed by atoms with Gasteiger partial charge >= 0.3 is 5.97 Å². The molecule has 0 saturated heterocycles. The summed E-state index contributed by atoms with van der Waals surface area (Å²) in [5.41, 5.74) is 1.33. The molecule has 0 unspecified atom stereocenters. The van der Waals surface area contributed by atoms with Crippen molar-refractivity contribution < 1.29 is 22.5 Å². The van der Waals surface area contributed by atoms with Gasteiger partial charge in [-0.3, -0.25) is 9.29 Å². The van der Waals surface area contributed by atoms with Gasteiger partial charge in [-0.25, -0.2) is 13.2 Å². The first-order valence-electron chi connectivity index (χ1n) is 11.1. The molecule has 10 heteroatoms. The number of ether oxygens (including phenoxy) is 1. The molecule has 0 saturated carbocycles. The van der Waals surface area contributed by atoms with Crippen LogP contribution < -0.4 is 4.31 Å². The maximum Gasteiger partial charge on any atom is 0.338 e. The molecule has 9 nitrogen and oxygen atoms in total. The van der Waals surface area contributed by atoms with Crippen LogP contribution in [0.3, 0.4) is 0 Å². The van der Waals surface area contributed by atoms with Gasteiger partial charge in [-0.05, 0) is 48.9 Å². The summed E-state index contributed by atoms with van der Waals surface area (Å²) in [4.78, 5) is 20.8. The summed E-state index contributed by atoms with van der Waals surface area (Å²) in [5, 5.41) is 3.85. The smallest absolute Gasteiger partial charge is 0.338 e. The van der Waals surface area contributed by atoms with E-state index in [1.807, 2.05) is 13.0 Å². The predicted molar refractivity (Wildman–Crippen MR) is 129 cm³/mol. The molecule has 0 radical (unpaired) electrons. The van der Waals surface area contributed by atoms with E-state index in [4.69, 9.17) is 9.26 Å². The lowest BCUT2D eigenvalue weighted by atomic mass is 10.2. The molecule has 0 aliphatic carbocycles. The molecule has 0 spiro atoms. The Kier molecular flexibility index (Phi) is 7.51. The van der Waals surface area contributed by atoms with Crippen LogP contribution in [0, 0.1) is 0 Å². The van der Waals surface area contributed by atoms with Gasteiger partial charge in [-0.1, -0.05) is 42.8 Å². The lowest BCUT2D eigenvalue weighted by molar-refractivity contribution is 0.0429. The maximum atomic E-state index is 13.5. The molecule has 2 heterocycles. The highest BCUT2D eigenvalue weighted by molar-refractivity contribution is 7.92. The van der Waals surface area contributed by atoms with Crippen molar-refractivity contribution in [1.82, 2.24) is 15.1 Å². The van der Waals surface area contributed by atoms with Gasteiger partial charge in [0, 0.05) is 24.5 Å². The number of unbranched alkanes of at least 4 members (excludes halogenated alkanes) is 1. The fourth-order valence-electron chi connectivity index (χ4n) is 3.33. The molecule has 2 aromatic heterocycles. The molecule has 0 aliphatic rings. The summed E-state index contributed by atoms with van der Waals surface area (Å²) in [6, 6.07) is 18.2. The van der Waals surface area contributed by atoms with Crippen LogP contribution in [0.25, 0.3) is 11.4 Å². The lowest BCUT2D eigenvalue weighted by Gasteiger charge is -2.24. The van der Waals surface area contributed by atoms with Gasteiger partial charge in [0.1, 0.15) is 0 Å². The van der Waals surface area contributed by atoms with E-state index in [2.05, 4.69) is 15.1 Å². The van der Waals surface area contributed by atoms with Gasteiger partial charge in [-0.15, -0.1) is 0 Å². The Balaban J connectivity index is 1.49. The second-order valence-corrected chi connectivity index (χ2v) is 9.49. The van der Waals surface area contributed by atoms with Gasteiger partial charge in [-0.2, -0.15) is 4.98 Å². The Morgan fingerprint density at radius 2 is 1.89 bits per heavy atom. The molecule has 0 aliphatic heterocycles. The average molecular weight is 493 g/mol. The average Bonchev–Trinajstić information content (AvgIpc) is 3.38. The normalized spacial score (nSPS) is 11.2. The molecule has 4 aromatic rings. The first kappa shape index (κ1) is 24.1. The number of para-hydroxylation sites is 1. The van der Waals surface area contributed by atoms with Gasteiger partial charge in [0.05, 0.1) is 16.1 Å². The third-order valence-electron chi connectivity index (χ3n) is 5.13. The van der Waals surface area contributed by atoms with Crippen molar-refractivity contribution in [2.45, 2.75) is 31.3 Å². The zero-order valence-electron chi connectivity index (χ0n) is 19.1. The van der Waals surface area contributed by atoms with Gasteiger partial charge in [0.25, 0.3) is 15.9 Å². The van der Waals surface area contributed by atoms with Crippen molar-refractivity contribution in [3.63, 3.8) is 0 Å². The molecular weight excluding hydrogens is 468 g/mol. The number of anilines is 1. The minimum atomic E-state index is -3.90. The number of pyridine rings is 1. The molecular formula is C25H24N4O5S. The Hall–Kier alpha value is -4.05. The SMILES string of the molecule is CCCCN(c1ccccc1)S(=O)(=O)c1cccc(C(=O)OCc2nc(-c3cccnc3)no2)c1. The highest BCUT2D eigenvalue weighted by Crippen LogP contribution is 2.25. The number of benzene rings is 2. The summed E-state index contributed by atoms with van der Waals surface area (Å²) in [7, 11) is -3.90. The van der Waals surface area contributed by atoms with E-state index in [1.165, 1.54) is 28.6 Å². The number of nitrogens with zero attached hydrogens (tertiary/aromatic N) is 4.